The van der Waals surface area contributed by atoms with Crippen LogP contribution in [0.5, 0.6) is 0 Å². The van der Waals surface area contributed by atoms with E-state index in [0.717, 1.165) is 12.0 Å². The quantitative estimate of drug-likeness (QED) is 0.519. The van der Waals surface area contributed by atoms with Crippen molar-refractivity contribution in [3.05, 3.63) is 35.5 Å². The summed E-state index contributed by atoms with van der Waals surface area (Å²) in [6.45, 7) is 2.16. The molecule has 0 amide bonds. The van der Waals surface area contributed by atoms with Crippen LogP contribution in [0.2, 0.25) is 0 Å². The highest BCUT2D eigenvalue weighted by molar-refractivity contribution is 5.47. The van der Waals surface area contributed by atoms with E-state index in [1.54, 1.807) is 0 Å². The maximum atomic E-state index is 9.50. The zero-order valence-corrected chi connectivity index (χ0v) is 6.62. The van der Waals surface area contributed by atoms with Gasteiger partial charge in [-0.25, -0.2) is 0 Å². The molecule has 2 unspecified atom stereocenters. The fourth-order valence-corrected chi connectivity index (χ4v) is 1.77. The lowest BCUT2D eigenvalue weighted by Crippen LogP contribution is -2.15. The van der Waals surface area contributed by atoms with Gasteiger partial charge in [0.1, 0.15) is 0 Å². The van der Waals surface area contributed by atoms with Gasteiger partial charge >= 0.3 is 0 Å². The van der Waals surface area contributed by atoms with E-state index in [1.807, 2.05) is 6.08 Å². The summed E-state index contributed by atoms with van der Waals surface area (Å²) >= 11 is 0. The SMILES string of the molecule is CC1C=CC(O)C2=CCC=C21. The molecule has 0 aromatic rings. The first-order chi connectivity index (χ1) is 5.29. The predicted molar refractivity (Wildman–Crippen MR) is 45.1 cm³/mol. The molecule has 0 bridgehead atoms. The Labute approximate surface area is 66.7 Å². The van der Waals surface area contributed by atoms with Crippen LogP contribution in [0.4, 0.5) is 0 Å². The molecule has 0 spiro atoms. The first kappa shape index (κ1) is 6.86. The van der Waals surface area contributed by atoms with E-state index < -0.39 is 0 Å². The van der Waals surface area contributed by atoms with Crippen LogP contribution < -0.4 is 0 Å². The van der Waals surface area contributed by atoms with E-state index >= 15 is 0 Å². The second-order valence-electron chi connectivity index (χ2n) is 3.17. The van der Waals surface area contributed by atoms with Gasteiger partial charge in [-0.05, 0) is 23.5 Å². The van der Waals surface area contributed by atoms with E-state index in [9.17, 15) is 5.11 Å². The number of fused-ring (bicyclic) bond motifs is 1. The van der Waals surface area contributed by atoms with Crippen LogP contribution in [-0.2, 0) is 0 Å². The van der Waals surface area contributed by atoms with E-state index in [-0.39, 0.29) is 6.10 Å². The second kappa shape index (κ2) is 2.35. The molecule has 58 valence electrons. The van der Waals surface area contributed by atoms with Crippen LogP contribution in [0.15, 0.2) is 35.5 Å². The average Bonchev–Trinajstić information content (AvgIpc) is 2.45. The molecule has 0 saturated heterocycles. The van der Waals surface area contributed by atoms with Crippen molar-refractivity contribution in [2.75, 3.05) is 0 Å². The van der Waals surface area contributed by atoms with Crippen molar-refractivity contribution < 1.29 is 5.11 Å². The van der Waals surface area contributed by atoms with Crippen molar-refractivity contribution in [3.63, 3.8) is 0 Å². The third kappa shape index (κ3) is 0.962. The Kier molecular flexibility index (Phi) is 1.46. The molecule has 0 heterocycles. The smallest absolute Gasteiger partial charge is 0.0971 e. The van der Waals surface area contributed by atoms with Gasteiger partial charge in [-0.1, -0.05) is 31.2 Å². The Balaban J connectivity index is 2.41. The molecule has 2 aliphatic rings. The molecule has 2 atom stereocenters. The summed E-state index contributed by atoms with van der Waals surface area (Å²) in [5.41, 5.74) is 2.44. The fraction of sp³-hybridized carbons (Fsp3) is 0.400. The Morgan fingerprint density at radius 1 is 1.27 bits per heavy atom. The normalized spacial score (nSPS) is 34.7. The lowest BCUT2D eigenvalue weighted by Gasteiger charge is -2.21. The summed E-state index contributed by atoms with van der Waals surface area (Å²) in [5.74, 6) is 0.493. The molecule has 0 radical (unpaired) electrons. The van der Waals surface area contributed by atoms with Crippen molar-refractivity contribution in [2.45, 2.75) is 19.4 Å². The van der Waals surface area contributed by atoms with E-state index in [2.05, 4.69) is 25.2 Å². The van der Waals surface area contributed by atoms with Crippen molar-refractivity contribution in [3.8, 4) is 0 Å². The summed E-state index contributed by atoms with van der Waals surface area (Å²) in [4.78, 5) is 0. The van der Waals surface area contributed by atoms with Gasteiger partial charge in [0, 0.05) is 0 Å². The van der Waals surface area contributed by atoms with Gasteiger partial charge in [0.2, 0.25) is 0 Å². The first-order valence-electron chi connectivity index (χ1n) is 4.06. The lowest BCUT2D eigenvalue weighted by atomic mass is 9.87. The number of hydrogen-bond acceptors (Lipinski definition) is 1. The molecule has 1 nitrogen and oxygen atoms in total. The molecular formula is C10H12O. The third-order valence-corrected chi connectivity index (χ3v) is 2.40. The van der Waals surface area contributed by atoms with Crippen LogP contribution in [0.25, 0.3) is 0 Å². The first-order valence-corrected chi connectivity index (χ1v) is 4.06. The molecule has 0 aromatic heterocycles. The molecule has 0 aliphatic heterocycles. The monoisotopic (exact) mass is 148 g/mol. The van der Waals surface area contributed by atoms with Gasteiger partial charge in [-0.15, -0.1) is 0 Å². The maximum Gasteiger partial charge on any atom is 0.0971 e. The average molecular weight is 148 g/mol. The fourth-order valence-electron chi connectivity index (χ4n) is 1.77. The van der Waals surface area contributed by atoms with Crippen molar-refractivity contribution >= 4 is 0 Å². The second-order valence-corrected chi connectivity index (χ2v) is 3.17. The number of aliphatic hydroxyl groups excluding tert-OH is 1. The molecule has 1 heteroatoms. The van der Waals surface area contributed by atoms with E-state index in [0.29, 0.717) is 5.92 Å². The molecule has 0 saturated carbocycles. The zero-order valence-electron chi connectivity index (χ0n) is 6.62. The summed E-state index contributed by atoms with van der Waals surface area (Å²) < 4.78 is 0. The Morgan fingerprint density at radius 3 is 2.73 bits per heavy atom. The molecule has 2 aliphatic carbocycles. The molecular weight excluding hydrogens is 136 g/mol. The molecule has 0 aromatic carbocycles. The Bertz CT molecular complexity index is 232. The lowest BCUT2D eigenvalue weighted by molar-refractivity contribution is 0.256. The maximum absolute atomic E-state index is 9.50. The van der Waals surface area contributed by atoms with Crippen LogP contribution in [0.1, 0.15) is 13.3 Å². The van der Waals surface area contributed by atoms with Gasteiger partial charge in [0.05, 0.1) is 6.10 Å². The highest BCUT2D eigenvalue weighted by atomic mass is 16.3. The minimum atomic E-state index is -0.347. The Hall–Kier alpha value is -0.820. The van der Waals surface area contributed by atoms with Gasteiger partial charge in [0.15, 0.2) is 0 Å². The van der Waals surface area contributed by atoms with Gasteiger partial charge in [-0.3, -0.25) is 0 Å². The standard InChI is InChI=1S/C10H12O/c1-7-5-6-10(11)9-4-2-3-8(7)9/h3-7,10-11H,2H2,1H3. The Morgan fingerprint density at radius 2 is 2.00 bits per heavy atom. The molecule has 1 N–H and O–H groups in total. The molecule has 2 rings (SSSR count). The molecule has 11 heavy (non-hydrogen) atoms. The van der Waals surface area contributed by atoms with Crippen LogP contribution in [-0.4, -0.2) is 11.2 Å². The number of rotatable bonds is 0. The number of aliphatic hydroxyl groups is 1. The number of allylic oxidation sites excluding steroid dienone is 3. The topological polar surface area (TPSA) is 20.2 Å². The summed E-state index contributed by atoms with van der Waals surface area (Å²) in [6.07, 6.45) is 8.90. The zero-order chi connectivity index (χ0) is 7.84. The van der Waals surface area contributed by atoms with Gasteiger partial charge in [0.25, 0.3) is 0 Å². The molecule has 0 fully saturated rings. The predicted octanol–water partition coefficient (Wildman–Crippen LogP) is 1.81. The highest BCUT2D eigenvalue weighted by Crippen LogP contribution is 2.33. The van der Waals surface area contributed by atoms with Crippen molar-refractivity contribution in [1.29, 1.82) is 0 Å². The summed E-state index contributed by atoms with van der Waals surface area (Å²) in [6, 6.07) is 0. The summed E-state index contributed by atoms with van der Waals surface area (Å²) in [5, 5.41) is 9.50. The minimum Gasteiger partial charge on any atom is -0.384 e. The van der Waals surface area contributed by atoms with Crippen molar-refractivity contribution in [2.24, 2.45) is 5.92 Å². The van der Waals surface area contributed by atoms with Crippen LogP contribution in [0, 0.1) is 5.92 Å². The summed E-state index contributed by atoms with van der Waals surface area (Å²) in [7, 11) is 0. The highest BCUT2D eigenvalue weighted by Gasteiger charge is 2.23. The van der Waals surface area contributed by atoms with E-state index in [4.69, 9.17) is 0 Å². The third-order valence-electron chi connectivity index (χ3n) is 2.40. The van der Waals surface area contributed by atoms with Crippen LogP contribution in [0.3, 0.4) is 0 Å². The minimum absolute atomic E-state index is 0.347. The van der Waals surface area contributed by atoms with Gasteiger partial charge < -0.3 is 5.11 Å². The van der Waals surface area contributed by atoms with Crippen molar-refractivity contribution in [1.82, 2.24) is 0 Å². The number of hydrogen-bond donors (Lipinski definition) is 1. The largest absolute Gasteiger partial charge is 0.384 e. The van der Waals surface area contributed by atoms with Gasteiger partial charge in [-0.2, -0.15) is 0 Å². The van der Waals surface area contributed by atoms with Crippen LogP contribution >= 0.6 is 0 Å². The van der Waals surface area contributed by atoms with E-state index in [1.165, 1.54) is 5.57 Å².